The molecule has 0 N–H and O–H groups in total. The minimum absolute atomic E-state index is 0.503. The second-order valence-corrected chi connectivity index (χ2v) is 5.09. The van der Waals surface area contributed by atoms with E-state index in [9.17, 15) is 4.79 Å². The third kappa shape index (κ3) is 3.24. The Hall–Kier alpha value is -1.71. The van der Waals surface area contributed by atoms with Crippen LogP contribution in [0.15, 0.2) is 12.1 Å². The van der Waals surface area contributed by atoms with E-state index in [1.165, 1.54) is 19.3 Å². The van der Waals surface area contributed by atoms with Gasteiger partial charge in [0.15, 0.2) is 0 Å². The van der Waals surface area contributed by atoms with Gasteiger partial charge in [-0.05, 0) is 37.3 Å². The first-order valence-electron chi connectivity index (χ1n) is 7.23. The number of ether oxygens (including phenoxy) is 2. The number of benzene rings is 1. The van der Waals surface area contributed by atoms with E-state index in [0.717, 1.165) is 42.1 Å². The monoisotopic (exact) mass is 277 g/mol. The molecule has 0 radical (unpaired) electrons. The minimum atomic E-state index is 0.503. The summed E-state index contributed by atoms with van der Waals surface area (Å²) >= 11 is 0. The normalized spacial score (nSPS) is 15.0. The summed E-state index contributed by atoms with van der Waals surface area (Å²) in [6, 6.07) is 4.05. The minimum Gasteiger partial charge on any atom is -0.496 e. The number of aryl methyl sites for hydroxylation is 1. The Balaban J connectivity index is 2.32. The quantitative estimate of drug-likeness (QED) is 0.750. The van der Waals surface area contributed by atoms with Gasteiger partial charge in [0.25, 0.3) is 0 Å². The van der Waals surface area contributed by atoms with Crippen LogP contribution in [0.25, 0.3) is 0 Å². The number of piperidine rings is 1. The molecule has 4 nitrogen and oxygen atoms in total. The van der Waals surface area contributed by atoms with Crippen LogP contribution in [0.3, 0.4) is 0 Å². The van der Waals surface area contributed by atoms with Crippen molar-refractivity contribution in [2.75, 3.05) is 32.2 Å². The lowest BCUT2D eigenvalue weighted by atomic mass is 10.0. The molecule has 1 fully saturated rings. The van der Waals surface area contributed by atoms with E-state index in [2.05, 4.69) is 4.90 Å². The van der Waals surface area contributed by atoms with Gasteiger partial charge < -0.3 is 19.2 Å². The predicted molar refractivity (Wildman–Crippen MR) is 80.0 cm³/mol. The van der Waals surface area contributed by atoms with Gasteiger partial charge in [-0.25, -0.2) is 0 Å². The second-order valence-electron chi connectivity index (χ2n) is 5.09. The molecule has 2 rings (SSSR count). The summed E-state index contributed by atoms with van der Waals surface area (Å²) in [4.78, 5) is 12.9. The fourth-order valence-electron chi connectivity index (χ4n) is 2.74. The van der Waals surface area contributed by atoms with Crippen LogP contribution >= 0.6 is 0 Å². The van der Waals surface area contributed by atoms with E-state index in [4.69, 9.17) is 9.47 Å². The van der Waals surface area contributed by atoms with Gasteiger partial charge in [0.2, 0.25) is 0 Å². The van der Waals surface area contributed by atoms with Gasteiger partial charge in [0.1, 0.15) is 17.8 Å². The SMILES string of the molecule is COc1cc(N2CCCCC2)c(OC)cc1CCC=O. The van der Waals surface area contributed by atoms with Crippen molar-refractivity contribution in [3.63, 3.8) is 0 Å². The molecule has 1 aliphatic rings. The van der Waals surface area contributed by atoms with Crippen molar-refractivity contribution in [1.29, 1.82) is 0 Å². The van der Waals surface area contributed by atoms with E-state index < -0.39 is 0 Å². The van der Waals surface area contributed by atoms with Gasteiger partial charge in [-0.3, -0.25) is 0 Å². The van der Waals surface area contributed by atoms with Crippen molar-refractivity contribution in [3.8, 4) is 11.5 Å². The summed E-state index contributed by atoms with van der Waals surface area (Å²) in [5, 5.41) is 0. The van der Waals surface area contributed by atoms with Crippen LogP contribution in [0.2, 0.25) is 0 Å². The molecule has 110 valence electrons. The van der Waals surface area contributed by atoms with Crippen molar-refractivity contribution in [1.82, 2.24) is 0 Å². The van der Waals surface area contributed by atoms with Crippen molar-refractivity contribution in [3.05, 3.63) is 17.7 Å². The molecule has 1 aromatic rings. The highest BCUT2D eigenvalue weighted by molar-refractivity contribution is 5.64. The Kier molecular flexibility index (Phi) is 5.27. The van der Waals surface area contributed by atoms with Crippen LogP contribution < -0.4 is 14.4 Å². The summed E-state index contributed by atoms with van der Waals surface area (Å²) in [5.41, 5.74) is 2.12. The maximum Gasteiger partial charge on any atom is 0.142 e. The van der Waals surface area contributed by atoms with Gasteiger partial charge >= 0.3 is 0 Å². The average Bonchev–Trinajstić information content (AvgIpc) is 2.52. The number of methoxy groups -OCH3 is 2. The van der Waals surface area contributed by atoms with Gasteiger partial charge in [-0.2, -0.15) is 0 Å². The lowest BCUT2D eigenvalue weighted by molar-refractivity contribution is -0.107. The summed E-state index contributed by atoms with van der Waals surface area (Å²) < 4.78 is 11.0. The van der Waals surface area contributed by atoms with Crippen LogP contribution in [0.1, 0.15) is 31.2 Å². The molecule has 4 heteroatoms. The van der Waals surface area contributed by atoms with Crippen LogP contribution in [0.4, 0.5) is 5.69 Å². The zero-order valence-electron chi connectivity index (χ0n) is 12.4. The van der Waals surface area contributed by atoms with Crippen molar-refractivity contribution < 1.29 is 14.3 Å². The van der Waals surface area contributed by atoms with E-state index >= 15 is 0 Å². The Morgan fingerprint density at radius 3 is 2.40 bits per heavy atom. The fraction of sp³-hybridized carbons (Fsp3) is 0.562. The molecule has 1 aromatic carbocycles. The highest BCUT2D eigenvalue weighted by Crippen LogP contribution is 2.37. The maximum atomic E-state index is 10.6. The highest BCUT2D eigenvalue weighted by Gasteiger charge is 2.18. The standard InChI is InChI=1S/C16H23NO3/c1-19-15-12-14(17-8-4-3-5-9-17)16(20-2)11-13(15)7-6-10-18/h10-12H,3-9H2,1-2H3. The molecule has 0 saturated carbocycles. The third-order valence-electron chi connectivity index (χ3n) is 3.81. The van der Waals surface area contributed by atoms with Gasteiger partial charge in [0.05, 0.1) is 19.9 Å². The summed E-state index contributed by atoms with van der Waals surface area (Å²) in [5.74, 6) is 1.71. The van der Waals surface area contributed by atoms with Crippen molar-refractivity contribution in [2.45, 2.75) is 32.1 Å². The average molecular weight is 277 g/mol. The second kappa shape index (κ2) is 7.17. The number of anilines is 1. The molecule has 20 heavy (non-hydrogen) atoms. The Morgan fingerprint density at radius 1 is 1.10 bits per heavy atom. The number of carbonyl (C=O) groups is 1. The largest absolute Gasteiger partial charge is 0.496 e. The Labute approximate surface area is 120 Å². The van der Waals surface area contributed by atoms with Crippen LogP contribution in [0.5, 0.6) is 11.5 Å². The number of nitrogens with zero attached hydrogens (tertiary/aromatic N) is 1. The van der Waals surface area contributed by atoms with Crippen molar-refractivity contribution in [2.24, 2.45) is 0 Å². The molecule has 0 aromatic heterocycles. The van der Waals surface area contributed by atoms with Gasteiger partial charge in [0, 0.05) is 25.6 Å². The smallest absolute Gasteiger partial charge is 0.142 e. The molecule has 0 amide bonds. The number of carbonyl (C=O) groups excluding carboxylic acids is 1. The van der Waals surface area contributed by atoms with Crippen molar-refractivity contribution >= 4 is 12.0 Å². The highest BCUT2D eigenvalue weighted by atomic mass is 16.5. The lowest BCUT2D eigenvalue weighted by Gasteiger charge is -2.30. The van der Waals surface area contributed by atoms with Gasteiger partial charge in [-0.15, -0.1) is 0 Å². The molecule has 0 spiro atoms. The maximum absolute atomic E-state index is 10.6. The van der Waals surface area contributed by atoms with E-state index in [0.29, 0.717) is 12.8 Å². The first-order valence-corrected chi connectivity index (χ1v) is 7.23. The molecule has 0 atom stereocenters. The number of aldehydes is 1. The first kappa shape index (κ1) is 14.7. The molecule has 1 aliphatic heterocycles. The molecular formula is C16H23NO3. The summed E-state index contributed by atoms with van der Waals surface area (Å²) in [7, 11) is 3.37. The molecule has 0 bridgehead atoms. The lowest BCUT2D eigenvalue weighted by Crippen LogP contribution is -2.29. The molecule has 1 saturated heterocycles. The Morgan fingerprint density at radius 2 is 1.80 bits per heavy atom. The number of hydrogen-bond acceptors (Lipinski definition) is 4. The molecule has 1 heterocycles. The van der Waals surface area contributed by atoms with E-state index in [1.807, 2.05) is 12.1 Å². The Bertz CT molecular complexity index is 453. The van der Waals surface area contributed by atoms with Gasteiger partial charge in [-0.1, -0.05) is 0 Å². The van der Waals surface area contributed by atoms with Crippen LogP contribution in [-0.4, -0.2) is 33.6 Å². The number of rotatable bonds is 6. The number of hydrogen-bond donors (Lipinski definition) is 0. The van der Waals surface area contributed by atoms with E-state index in [-0.39, 0.29) is 0 Å². The molecular weight excluding hydrogens is 254 g/mol. The predicted octanol–water partition coefficient (Wildman–Crippen LogP) is 2.83. The van der Waals surface area contributed by atoms with Crippen LogP contribution in [0, 0.1) is 0 Å². The zero-order chi connectivity index (χ0) is 14.4. The van der Waals surface area contributed by atoms with Crippen LogP contribution in [-0.2, 0) is 11.2 Å². The molecule has 0 aliphatic carbocycles. The topological polar surface area (TPSA) is 38.8 Å². The summed E-state index contributed by atoms with van der Waals surface area (Å²) in [6.45, 7) is 2.13. The zero-order valence-corrected chi connectivity index (χ0v) is 12.4. The third-order valence-corrected chi connectivity index (χ3v) is 3.81. The fourth-order valence-corrected chi connectivity index (χ4v) is 2.74. The first-order chi connectivity index (χ1) is 9.80. The summed E-state index contributed by atoms with van der Waals surface area (Å²) in [6.07, 6.45) is 5.86. The van der Waals surface area contributed by atoms with E-state index in [1.54, 1.807) is 14.2 Å². The molecule has 0 unspecified atom stereocenters.